The van der Waals surface area contributed by atoms with Gasteiger partial charge in [0.25, 0.3) is 0 Å². The second-order valence-electron chi connectivity index (χ2n) is 4.82. The average Bonchev–Trinajstić information content (AvgIpc) is 2.73. The number of benzene rings is 1. The SMILES string of the molecule is Cc1cc(C)c(C(NN)c2cncn2C)cc1C. The Morgan fingerprint density at radius 1 is 1.17 bits per heavy atom. The van der Waals surface area contributed by atoms with Crippen LogP contribution < -0.4 is 11.3 Å². The van der Waals surface area contributed by atoms with Crippen molar-refractivity contribution in [1.29, 1.82) is 0 Å². The Balaban J connectivity index is 2.52. The van der Waals surface area contributed by atoms with Crippen molar-refractivity contribution in [2.24, 2.45) is 12.9 Å². The molecule has 1 atom stereocenters. The van der Waals surface area contributed by atoms with Gasteiger partial charge >= 0.3 is 0 Å². The highest BCUT2D eigenvalue weighted by molar-refractivity contribution is 5.40. The Kier molecular flexibility index (Phi) is 3.50. The molecule has 0 bridgehead atoms. The Morgan fingerprint density at radius 3 is 2.39 bits per heavy atom. The largest absolute Gasteiger partial charge is 0.336 e. The van der Waals surface area contributed by atoms with Gasteiger partial charge in [0.15, 0.2) is 0 Å². The van der Waals surface area contributed by atoms with Gasteiger partial charge in [0, 0.05) is 7.05 Å². The second kappa shape index (κ2) is 4.92. The van der Waals surface area contributed by atoms with Crippen molar-refractivity contribution in [2.75, 3.05) is 0 Å². The summed E-state index contributed by atoms with van der Waals surface area (Å²) in [5.41, 5.74) is 8.96. The van der Waals surface area contributed by atoms with Gasteiger partial charge in [-0.05, 0) is 43.0 Å². The van der Waals surface area contributed by atoms with Crippen molar-refractivity contribution in [3.05, 3.63) is 52.6 Å². The van der Waals surface area contributed by atoms with Crippen LogP contribution in [0.5, 0.6) is 0 Å². The Morgan fingerprint density at radius 2 is 1.83 bits per heavy atom. The fraction of sp³-hybridized carbons (Fsp3) is 0.357. The first kappa shape index (κ1) is 12.8. The third-order valence-electron chi connectivity index (χ3n) is 3.51. The van der Waals surface area contributed by atoms with Crippen LogP contribution in [0.1, 0.15) is 34.0 Å². The smallest absolute Gasteiger partial charge is 0.0946 e. The number of hydrogen-bond donors (Lipinski definition) is 2. The van der Waals surface area contributed by atoms with E-state index in [-0.39, 0.29) is 6.04 Å². The number of hydrazine groups is 1. The lowest BCUT2D eigenvalue weighted by Crippen LogP contribution is -2.30. The predicted octanol–water partition coefficient (Wildman–Crippen LogP) is 1.90. The van der Waals surface area contributed by atoms with Gasteiger partial charge in [0.05, 0.1) is 24.3 Å². The molecule has 0 spiro atoms. The summed E-state index contributed by atoms with van der Waals surface area (Å²) in [6.45, 7) is 6.36. The van der Waals surface area contributed by atoms with Crippen molar-refractivity contribution in [3.63, 3.8) is 0 Å². The van der Waals surface area contributed by atoms with Gasteiger partial charge in [-0.2, -0.15) is 0 Å². The topological polar surface area (TPSA) is 55.9 Å². The predicted molar refractivity (Wildman–Crippen MR) is 73.0 cm³/mol. The number of nitrogens with two attached hydrogens (primary N) is 1. The molecule has 1 unspecified atom stereocenters. The lowest BCUT2D eigenvalue weighted by atomic mass is 9.94. The van der Waals surface area contributed by atoms with E-state index in [9.17, 15) is 0 Å². The number of rotatable bonds is 3. The maximum absolute atomic E-state index is 5.73. The molecule has 3 N–H and O–H groups in total. The molecule has 0 saturated carbocycles. The van der Waals surface area contributed by atoms with Crippen LogP contribution in [-0.4, -0.2) is 9.55 Å². The van der Waals surface area contributed by atoms with E-state index >= 15 is 0 Å². The maximum atomic E-state index is 5.73. The van der Waals surface area contributed by atoms with Crippen LogP contribution in [0.25, 0.3) is 0 Å². The molecule has 2 aromatic rings. The van der Waals surface area contributed by atoms with Crippen molar-refractivity contribution in [3.8, 4) is 0 Å². The number of aromatic nitrogens is 2. The first-order chi connectivity index (χ1) is 8.54. The Bertz CT molecular complexity index is 557. The van der Waals surface area contributed by atoms with Gasteiger partial charge in [-0.25, -0.2) is 10.4 Å². The highest BCUT2D eigenvalue weighted by Gasteiger charge is 2.18. The average molecular weight is 244 g/mol. The minimum atomic E-state index is -0.0307. The van der Waals surface area contributed by atoms with Crippen molar-refractivity contribution in [1.82, 2.24) is 15.0 Å². The van der Waals surface area contributed by atoms with Crippen LogP contribution in [0.4, 0.5) is 0 Å². The molecule has 4 heteroatoms. The first-order valence-corrected chi connectivity index (χ1v) is 6.04. The Labute approximate surface area is 108 Å². The van der Waals surface area contributed by atoms with Gasteiger partial charge in [-0.15, -0.1) is 0 Å². The van der Waals surface area contributed by atoms with E-state index in [0.29, 0.717) is 0 Å². The van der Waals surface area contributed by atoms with Crippen molar-refractivity contribution < 1.29 is 0 Å². The van der Waals surface area contributed by atoms with Gasteiger partial charge in [-0.1, -0.05) is 12.1 Å². The Hall–Kier alpha value is -1.65. The molecule has 1 aromatic heterocycles. The molecule has 4 nitrogen and oxygen atoms in total. The molecule has 2 rings (SSSR count). The van der Waals surface area contributed by atoms with E-state index in [1.807, 2.05) is 17.8 Å². The van der Waals surface area contributed by atoms with Crippen LogP contribution in [0.2, 0.25) is 0 Å². The molecule has 1 aromatic carbocycles. The number of imidazole rings is 1. The normalized spacial score (nSPS) is 12.7. The van der Waals surface area contributed by atoms with Crippen LogP contribution in [-0.2, 0) is 7.05 Å². The summed E-state index contributed by atoms with van der Waals surface area (Å²) >= 11 is 0. The number of hydrogen-bond acceptors (Lipinski definition) is 3. The lowest BCUT2D eigenvalue weighted by molar-refractivity contribution is 0.594. The molecule has 0 aliphatic carbocycles. The summed E-state index contributed by atoms with van der Waals surface area (Å²) in [5, 5.41) is 0. The quantitative estimate of drug-likeness (QED) is 0.640. The summed E-state index contributed by atoms with van der Waals surface area (Å²) in [7, 11) is 1.98. The molecule has 0 amide bonds. The standard InChI is InChI=1S/C14H20N4/c1-9-5-11(3)12(6-10(9)2)14(17-15)13-7-16-8-18(13)4/h5-8,14,17H,15H2,1-4H3. The maximum Gasteiger partial charge on any atom is 0.0946 e. The van der Waals surface area contributed by atoms with Crippen LogP contribution in [0.3, 0.4) is 0 Å². The summed E-state index contributed by atoms with van der Waals surface area (Å²) in [6.07, 6.45) is 3.63. The zero-order valence-electron chi connectivity index (χ0n) is 11.4. The highest BCUT2D eigenvalue weighted by Crippen LogP contribution is 2.26. The number of nitrogens with zero attached hydrogens (tertiary/aromatic N) is 2. The lowest BCUT2D eigenvalue weighted by Gasteiger charge is -2.20. The third-order valence-corrected chi connectivity index (χ3v) is 3.51. The minimum Gasteiger partial charge on any atom is -0.336 e. The molecular weight excluding hydrogens is 224 g/mol. The third kappa shape index (κ3) is 2.17. The van der Waals surface area contributed by atoms with Crippen molar-refractivity contribution in [2.45, 2.75) is 26.8 Å². The van der Waals surface area contributed by atoms with E-state index in [0.717, 1.165) is 5.69 Å². The first-order valence-electron chi connectivity index (χ1n) is 6.04. The summed E-state index contributed by atoms with van der Waals surface area (Å²) in [5.74, 6) is 5.73. The van der Waals surface area contributed by atoms with Gasteiger partial charge in [0.2, 0.25) is 0 Å². The van der Waals surface area contributed by atoms with Crippen LogP contribution in [0, 0.1) is 20.8 Å². The van der Waals surface area contributed by atoms with Crippen molar-refractivity contribution >= 4 is 0 Å². The molecule has 1 heterocycles. The molecule has 0 fully saturated rings. The zero-order valence-corrected chi connectivity index (χ0v) is 11.4. The zero-order chi connectivity index (χ0) is 13.3. The molecule has 96 valence electrons. The van der Waals surface area contributed by atoms with Gasteiger partial charge in [-0.3, -0.25) is 5.84 Å². The van der Waals surface area contributed by atoms with Crippen LogP contribution in [0.15, 0.2) is 24.7 Å². The fourth-order valence-electron chi connectivity index (χ4n) is 2.27. The van der Waals surface area contributed by atoms with E-state index < -0.39 is 0 Å². The second-order valence-corrected chi connectivity index (χ2v) is 4.82. The monoisotopic (exact) mass is 244 g/mol. The molecule has 18 heavy (non-hydrogen) atoms. The number of aryl methyl sites for hydroxylation is 4. The summed E-state index contributed by atoms with van der Waals surface area (Å²) < 4.78 is 1.99. The molecule has 0 saturated heterocycles. The highest BCUT2D eigenvalue weighted by atomic mass is 15.2. The fourth-order valence-corrected chi connectivity index (χ4v) is 2.27. The summed E-state index contributed by atoms with van der Waals surface area (Å²) in [4.78, 5) is 4.15. The molecule has 0 aliphatic rings. The molecular formula is C14H20N4. The van der Waals surface area contributed by atoms with Gasteiger partial charge in [0.1, 0.15) is 0 Å². The van der Waals surface area contributed by atoms with E-state index in [2.05, 4.69) is 43.3 Å². The number of nitrogens with one attached hydrogen (secondary N) is 1. The van der Waals surface area contributed by atoms with Gasteiger partial charge < -0.3 is 4.57 Å². The molecule has 0 radical (unpaired) electrons. The molecule has 0 aliphatic heterocycles. The minimum absolute atomic E-state index is 0.0307. The van der Waals surface area contributed by atoms with E-state index in [1.54, 1.807) is 6.33 Å². The van der Waals surface area contributed by atoms with E-state index in [1.165, 1.54) is 22.3 Å². The summed E-state index contributed by atoms with van der Waals surface area (Å²) in [6, 6.07) is 4.37. The van der Waals surface area contributed by atoms with Crippen LogP contribution >= 0.6 is 0 Å². The van der Waals surface area contributed by atoms with E-state index in [4.69, 9.17) is 5.84 Å².